The number of aromatic hydroxyl groups is 1. The molecule has 2 fully saturated rings. The van der Waals surface area contributed by atoms with Crippen molar-refractivity contribution in [3.8, 4) is 28.1 Å². The van der Waals surface area contributed by atoms with Crippen LogP contribution in [0.25, 0.3) is 33.3 Å². The van der Waals surface area contributed by atoms with Crippen LogP contribution < -0.4 is 10.7 Å². The summed E-state index contributed by atoms with van der Waals surface area (Å²) in [6.07, 6.45) is 3.51. The normalized spacial score (nSPS) is 21.4. The van der Waals surface area contributed by atoms with Gasteiger partial charge in [-0.2, -0.15) is 0 Å². The molecule has 0 radical (unpaired) electrons. The number of likely N-dealkylation sites (N-methyl/N-ethyl adjacent to an activating group) is 1. The molecule has 1 aromatic heterocycles. The van der Waals surface area contributed by atoms with Crippen LogP contribution in [0.5, 0.6) is 5.75 Å². The summed E-state index contributed by atoms with van der Waals surface area (Å²) in [4.78, 5) is 72.9. The second-order valence-electron chi connectivity index (χ2n) is 19.8. The van der Waals surface area contributed by atoms with E-state index in [1.807, 2.05) is 32.9 Å². The van der Waals surface area contributed by atoms with Crippen LogP contribution in [0.3, 0.4) is 0 Å². The van der Waals surface area contributed by atoms with Crippen molar-refractivity contribution in [1.82, 2.24) is 30.1 Å². The van der Waals surface area contributed by atoms with E-state index in [1.165, 1.54) is 21.5 Å². The van der Waals surface area contributed by atoms with Crippen molar-refractivity contribution in [1.29, 1.82) is 0 Å². The van der Waals surface area contributed by atoms with Gasteiger partial charge in [-0.15, -0.1) is 0 Å². The zero-order valence-corrected chi connectivity index (χ0v) is 40.4. The second kappa shape index (κ2) is 20.5. The van der Waals surface area contributed by atoms with Crippen LogP contribution in [0.15, 0.2) is 73.3 Å². The molecule has 5 atom stereocenters. The smallest absolute Gasteiger partial charge is 0.324 e. The van der Waals surface area contributed by atoms with Gasteiger partial charge in [0.2, 0.25) is 17.7 Å². The minimum Gasteiger partial charge on any atom is -0.508 e. The molecule has 67 heavy (non-hydrogen) atoms. The van der Waals surface area contributed by atoms with Gasteiger partial charge in [-0.1, -0.05) is 77.6 Å². The molecular formula is C53H68N6O8. The van der Waals surface area contributed by atoms with Crippen LogP contribution in [0.2, 0.25) is 0 Å². The molecular weight excluding hydrogens is 849 g/mol. The van der Waals surface area contributed by atoms with Crippen molar-refractivity contribution in [2.75, 3.05) is 47.0 Å². The van der Waals surface area contributed by atoms with Crippen LogP contribution in [0, 0.1) is 23.2 Å². The number of esters is 1. The van der Waals surface area contributed by atoms with Gasteiger partial charge in [0.1, 0.15) is 23.9 Å². The SMILES string of the molecule is C=CC(=O)N1C[C@H](C)[C@H](C(=O)N(C)C(C(=O)N[C@H]2Cc3cc(O)cc(c3)-c3ccc4c(c3)c(c(-c3ccccc3CCOC)n4CC)CC(C)(C)COC(=O)[C@@H]3CCCN(N3)C2=O)C(C)C)C1. The molecule has 4 aromatic rings. The largest absolute Gasteiger partial charge is 0.508 e. The van der Waals surface area contributed by atoms with Gasteiger partial charge in [-0.3, -0.25) is 29.0 Å². The molecule has 3 aliphatic rings. The van der Waals surface area contributed by atoms with Crippen LogP contribution in [-0.2, 0) is 59.3 Å². The van der Waals surface area contributed by atoms with Crippen molar-refractivity contribution < 1.29 is 38.6 Å². The summed E-state index contributed by atoms with van der Waals surface area (Å²) in [6, 6.07) is 17.1. The predicted molar refractivity (Wildman–Crippen MR) is 259 cm³/mol. The summed E-state index contributed by atoms with van der Waals surface area (Å²) in [7, 11) is 3.30. The number of ether oxygens (including phenoxy) is 2. The molecule has 0 aliphatic carbocycles. The molecule has 358 valence electrons. The molecule has 7 rings (SSSR count). The van der Waals surface area contributed by atoms with Crippen LogP contribution in [0.1, 0.15) is 71.1 Å². The maximum absolute atomic E-state index is 14.8. The zero-order valence-electron chi connectivity index (χ0n) is 40.4. The van der Waals surface area contributed by atoms with Gasteiger partial charge in [0, 0.05) is 68.6 Å². The Morgan fingerprint density at radius 3 is 2.55 bits per heavy atom. The van der Waals surface area contributed by atoms with Crippen molar-refractivity contribution >= 4 is 40.5 Å². The molecule has 1 unspecified atom stereocenters. The number of aromatic nitrogens is 1. The molecule has 6 bridgehead atoms. The van der Waals surface area contributed by atoms with Crippen LogP contribution in [-0.4, -0.2) is 119 Å². The van der Waals surface area contributed by atoms with Gasteiger partial charge in [-0.25, -0.2) is 5.43 Å². The number of phenolic OH excluding ortho intramolecular Hbond substituents is 1. The van der Waals surface area contributed by atoms with E-state index in [4.69, 9.17) is 9.47 Å². The molecule has 14 heteroatoms. The van der Waals surface area contributed by atoms with Crippen molar-refractivity contribution in [3.63, 3.8) is 0 Å². The maximum atomic E-state index is 14.8. The Bertz CT molecular complexity index is 2530. The lowest BCUT2D eigenvalue weighted by Gasteiger charge is -2.37. The third kappa shape index (κ3) is 10.5. The Labute approximate surface area is 394 Å². The predicted octanol–water partition coefficient (Wildman–Crippen LogP) is 6.30. The first-order valence-corrected chi connectivity index (χ1v) is 23.7. The Balaban J connectivity index is 1.30. The molecule has 3 N–H and O–H groups in total. The third-order valence-corrected chi connectivity index (χ3v) is 13.8. The van der Waals surface area contributed by atoms with Gasteiger partial charge in [0.25, 0.3) is 5.91 Å². The first kappa shape index (κ1) is 48.9. The minimum atomic E-state index is -1.16. The lowest BCUT2D eigenvalue weighted by Crippen LogP contribution is -2.62. The number of carbonyl (C=O) groups excluding carboxylic acids is 5. The summed E-state index contributed by atoms with van der Waals surface area (Å²) in [5, 5.41) is 16.8. The fraction of sp³-hybridized carbons (Fsp3) is 0.491. The van der Waals surface area contributed by atoms with Gasteiger partial charge < -0.3 is 34.3 Å². The number of carbonyl (C=O) groups is 5. The number of cyclic esters (lactones) is 1. The molecule has 0 saturated carbocycles. The average molecular weight is 917 g/mol. The Hall–Kier alpha value is -5.99. The number of rotatable bonds is 11. The Morgan fingerprint density at radius 1 is 1.07 bits per heavy atom. The maximum Gasteiger partial charge on any atom is 0.324 e. The van der Waals surface area contributed by atoms with E-state index in [0.29, 0.717) is 44.5 Å². The number of aryl methyl sites for hydroxylation is 1. The van der Waals surface area contributed by atoms with E-state index >= 15 is 0 Å². The average Bonchev–Trinajstić information content (AvgIpc) is 3.84. The number of hydrogen-bond donors (Lipinski definition) is 3. The lowest BCUT2D eigenvalue weighted by molar-refractivity contribution is -0.155. The summed E-state index contributed by atoms with van der Waals surface area (Å²) >= 11 is 0. The highest BCUT2D eigenvalue weighted by atomic mass is 16.5. The number of nitrogens with one attached hydrogen (secondary N) is 2. The third-order valence-electron chi connectivity index (χ3n) is 13.8. The molecule has 3 aliphatic heterocycles. The molecule has 2 saturated heterocycles. The first-order valence-electron chi connectivity index (χ1n) is 23.7. The number of phenols is 1. The standard InChI is InChI=1S/C53H68N6O8/c1-10-46(61)57-29-33(5)42(30-57)50(63)56(8)47(32(3)4)49(62)54-44-25-34-23-37(26-38(60)24-34)36-18-19-45-40(27-36)41(48(58(45)11-2)39-16-13-12-15-35(39)20-22-66-9)28-53(6,7)31-67-52(65)43-17-14-21-59(55-43)51(44)64/h10,12-13,15-16,18-19,23-24,26-27,32-33,42-44,47,55,60H,1,11,14,17,20-22,25,28-31H2,2-9H3,(H,54,62)/t33-,42+,43-,44-,47?/m0/s1. The molecule has 4 heterocycles. The highest BCUT2D eigenvalue weighted by Gasteiger charge is 2.42. The second-order valence-corrected chi connectivity index (χ2v) is 19.8. The topological polar surface area (TPSA) is 163 Å². The van der Waals surface area contributed by atoms with Gasteiger partial charge in [0.15, 0.2) is 0 Å². The highest BCUT2D eigenvalue weighted by Crippen LogP contribution is 2.42. The molecule has 3 aromatic carbocycles. The summed E-state index contributed by atoms with van der Waals surface area (Å²) < 4.78 is 14.0. The van der Waals surface area contributed by atoms with Gasteiger partial charge in [0.05, 0.1) is 24.8 Å². The van der Waals surface area contributed by atoms with Crippen molar-refractivity contribution in [2.24, 2.45) is 23.2 Å². The van der Waals surface area contributed by atoms with Gasteiger partial charge in [-0.05, 0) is 103 Å². The summed E-state index contributed by atoms with van der Waals surface area (Å²) in [5.74, 6) is -3.00. The van der Waals surface area contributed by atoms with E-state index in [-0.39, 0.29) is 55.5 Å². The number of nitrogens with zero attached hydrogens (tertiary/aromatic N) is 4. The number of methoxy groups -OCH3 is 1. The number of benzene rings is 3. The number of fused-ring (bicyclic) bond motifs is 6. The molecule has 0 spiro atoms. The van der Waals surface area contributed by atoms with Crippen LogP contribution in [0.4, 0.5) is 0 Å². The Morgan fingerprint density at radius 2 is 1.84 bits per heavy atom. The fourth-order valence-electron chi connectivity index (χ4n) is 10.4. The van der Waals surface area contributed by atoms with E-state index in [9.17, 15) is 29.1 Å². The zero-order chi connectivity index (χ0) is 48.3. The summed E-state index contributed by atoms with van der Waals surface area (Å²) in [5.41, 5.74) is 10.4. The van der Waals surface area contributed by atoms with Crippen molar-refractivity contribution in [2.45, 2.75) is 98.3 Å². The lowest BCUT2D eigenvalue weighted by atomic mass is 9.83. The van der Waals surface area contributed by atoms with E-state index in [0.717, 1.165) is 45.3 Å². The number of amides is 4. The number of hydrazine groups is 1. The van der Waals surface area contributed by atoms with E-state index in [2.05, 4.69) is 79.1 Å². The monoisotopic (exact) mass is 917 g/mol. The Kier molecular flexibility index (Phi) is 15.0. The molecule has 4 amide bonds. The fourth-order valence-corrected chi connectivity index (χ4v) is 10.4. The van der Waals surface area contributed by atoms with E-state index < -0.39 is 47.2 Å². The first-order chi connectivity index (χ1) is 31.9. The summed E-state index contributed by atoms with van der Waals surface area (Å²) in [6.45, 7) is 17.8. The van der Waals surface area contributed by atoms with Crippen LogP contribution >= 0.6 is 0 Å². The minimum absolute atomic E-state index is 0.00118. The number of hydrogen-bond acceptors (Lipinski definition) is 9. The van der Waals surface area contributed by atoms with Crippen molar-refractivity contribution in [3.05, 3.63) is 90.0 Å². The quantitative estimate of drug-likeness (QED) is 0.116. The molecule has 14 nitrogen and oxygen atoms in total. The number of likely N-dealkylation sites (tertiary alicyclic amines) is 1. The highest BCUT2D eigenvalue weighted by molar-refractivity contribution is 5.96. The van der Waals surface area contributed by atoms with E-state index in [1.54, 1.807) is 31.2 Å². The van der Waals surface area contributed by atoms with Gasteiger partial charge >= 0.3 is 5.97 Å².